The van der Waals surface area contributed by atoms with Crippen molar-refractivity contribution in [2.75, 3.05) is 5.75 Å². The van der Waals surface area contributed by atoms with Crippen LogP contribution in [0.4, 0.5) is 0 Å². The summed E-state index contributed by atoms with van der Waals surface area (Å²) in [5.41, 5.74) is 0.00547. The number of carbonyl (C=O) groups is 1. The maximum Gasteiger partial charge on any atom is 0.309 e. The first kappa shape index (κ1) is 11.8. The Balaban J connectivity index is 2.84. The molecule has 5 nitrogen and oxygen atoms in total. The molecule has 0 aliphatic rings. The van der Waals surface area contributed by atoms with Crippen LogP contribution < -0.4 is 5.56 Å². The lowest BCUT2D eigenvalue weighted by atomic mass is 10.3. The van der Waals surface area contributed by atoms with Gasteiger partial charge in [-0.05, 0) is 5.75 Å². The molecule has 82 valence electrons. The molecule has 0 aliphatic carbocycles. The zero-order valence-corrected chi connectivity index (χ0v) is 9.13. The lowest BCUT2D eigenvalue weighted by Gasteiger charge is -2.01. The number of thioether (sulfide) groups is 1. The molecule has 0 saturated heterocycles. The van der Waals surface area contributed by atoms with Gasteiger partial charge in [-0.25, -0.2) is 4.98 Å². The third-order valence-electron chi connectivity index (χ3n) is 1.62. The predicted octanol–water partition coefficient (Wildman–Crippen LogP) is 0.650. The molecule has 0 saturated carbocycles. The van der Waals surface area contributed by atoms with Crippen LogP contribution in [0.3, 0.4) is 0 Å². The van der Waals surface area contributed by atoms with Crippen molar-refractivity contribution in [2.24, 2.45) is 0 Å². The average Bonchev–Trinajstić information content (AvgIpc) is 2.12. The quantitative estimate of drug-likeness (QED) is 0.773. The van der Waals surface area contributed by atoms with Gasteiger partial charge in [0.15, 0.2) is 0 Å². The lowest BCUT2D eigenvalue weighted by Crippen LogP contribution is -2.14. The molecule has 6 heteroatoms. The van der Waals surface area contributed by atoms with Gasteiger partial charge >= 0.3 is 5.97 Å². The molecule has 1 aromatic rings. The fourth-order valence-electron chi connectivity index (χ4n) is 1.08. The smallest absolute Gasteiger partial charge is 0.309 e. The Kier molecular flexibility index (Phi) is 4.36. The summed E-state index contributed by atoms with van der Waals surface area (Å²) in [7, 11) is 0. The van der Waals surface area contributed by atoms with Crippen molar-refractivity contribution in [3.8, 4) is 0 Å². The Labute approximate surface area is 90.9 Å². The summed E-state index contributed by atoms with van der Waals surface area (Å²) in [4.78, 5) is 28.2. The lowest BCUT2D eigenvalue weighted by molar-refractivity contribution is -0.136. The van der Waals surface area contributed by atoms with E-state index in [0.717, 1.165) is 5.75 Å². The van der Waals surface area contributed by atoms with E-state index >= 15 is 0 Å². The fourth-order valence-corrected chi connectivity index (χ4v) is 1.61. The normalized spacial score (nSPS) is 10.2. The number of rotatable bonds is 5. The number of aliphatic carboxylic acids is 1. The van der Waals surface area contributed by atoms with Crippen LogP contribution in [0, 0.1) is 0 Å². The molecule has 1 aromatic heterocycles. The third kappa shape index (κ3) is 4.16. The standard InChI is InChI=1S/C9H12N2O3S/c1-2-15-5-7-10-6(4-9(13)14)3-8(12)11-7/h3H,2,4-5H2,1H3,(H,13,14)(H,10,11,12). The maximum atomic E-state index is 11.2. The van der Waals surface area contributed by atoms with Crippen molar-refractivity contribution in [1.29, 1.82) is 0 Å². The minimum Gasteiger partial charge on any atom is -0.481 e. The van der Waals surface area contributed by atoms with E-state index in [1.54, 1.807) is 11.8 Å². The minimum absolute atomic E-state index is 0.215. The van der Waals surface area contributed by atoms with Gasteiger partial charge in [0, 0.05) is 6.07 Å². The Morgan fingerprint density at radius 1 is 1.67 bits per heavy atom. The number of H-pyrrole nitrogens is 1. The summed E-state index contributed by atoms with van der Waals surface area (Å²) in [6.07, 6.45) is -0.215. The molecule has 15 heavy (non-hydrogen) atoms. The van der Waals surface area contributed by atoms with E-state index in [1.807, 2.05) is 6.92 Å². The number of hydrogen-bond donors (Lipinski definition) is 2. The summed E-state index contributed by atoms with van der Waals surface area (Å²) in [5.74, 6) is 1.07. The highest BCUT2D eigenvalue weighted by molar-refractivity contribution is 7.98. The molecule has 0 fully saturated rings. The van der Waals surface area contributed by atoms with Crippen molar-refractivity contribution in [3.05, 3.63) is 27.9 Å². The molecule has 0 bridgehead atoms. The molecule has 0 aliphatic heterocycles. The average molecular weight is 228 g/mol. The minimum atomic E-state index is -0.984. The van der Waals surface area contributed by atoms with Gasteiger partial charge in [0.25, 0.3) is 5.56 Å². The second kappa shape index (κ2) is 5.55. The van der Waals surface area contributed by atoms with Crippen LogP contribution in [-0.4, -0.2) is 26.8 Å². The number of hydrogen-bond acceptors (Lipinski definition) is 4. The van der Waals surface area contributed by atoms with Crippen molar-refractivity contribution in [3.63, 3.8) is 0 Å². The van der Waals surface area contributed by atoms with Gasteiger partial charge in [-0.1, -0.05) is 6.92 Å². The topological polar surface area (TPSA) is 83.0 Å². The number of nitrogens with zero attached hydrogens (tertiary/aromatic N) is 1. The highest BCUT2D eigenvalue weighted by atomic mass is 32.2. The zero-order valence-electron chi connectivity index (χ0n) is 8.32. The summed E-state index contributed by atoms with van der Waals surface area (Å²) in [5, 5.41) is 8.57. The van der Waals surface area contributed by atoms with Crippen molar-refractivity contribution < 1.29 is 9.90 Å². The number of aromatic nitrogens is 2. The Morgan fingerprint density at radius 3 is 3.00 bits per heavy atom. The van der Waals surface area contributed by atoms with E-state index in [1.165, 1.54) is 6.07 Å². The van der Waals surface area contributed by atoms with Crippen molar-refractivity contribution >= 4 is 17.7 Å². The van der Waals surface area contributed by atoms with E-state index in [4.69, 9.17) is 5.11 Å². The zero-order chi connectivity index (χ0) is 11.3. The van der Waals surface area contributed by atoms with Gasteiger partial charge < -0.3 is 10.1 Å². The van der Waals surface area contributed by atoms with Gasteiger partial charge in [0.2, 0.25) is 0 Å². The summed E-state index contributed by atoms with van der Waals surface area (Å²) < 4.78 is 0. The molecule has 0 amide bonds. The molecule has 0 spiro atoms. The molecule has 1 heterocycles. The van der Waals surface area contributed by atoms with Crippen molar-refractivity contribution in [2.45, 2.75) is 19.1 Å². The highest BCUT2D eigenvalue weighted by Gasteiger charge is 2.05. The SMILES string of the molecule is CCSCc1nc(CC(=O)O)cc(=O)[nH]1. The summed E-state index contributed by atoms with van der Waals surface area (Å²) >= 11 is 1.62. The molecule has 2 N–H and O–H groups in total. The van der Waals surface area contributed by atoms with Crippen LogP contribution in [-0.2, 0) is 17.0 Å². The summed E-state index contributed by atoms with van der Waals surface area (Å²) in [6, 6.07) is 1.22. The second-order valence-corrected chi connectivity index (χ2v) is 4.17. The molecule has 0 unspecified atom stereocenters. The fraction of sp³-hybridized carbons (Fsp3) is 0.444. The second-order valence-electron chi connectivity index (χ2n) is 2.89. The van der Waals surface area contributed by atoms with Gasteiger partial charge in [-0.2, -0.15) is 11.8 Å². The first-order valence-electron chi connectivity index (χ1n) is 4.50. The van der Waals surface area contributed by atoms with E-state index in [9.17, 15) is 9.59 Å². The van der Waals surface area contributed by atoms with E-state index in [0.29, 0.717) is 17.3 Å². The molecular weight excluding hydrogens is 216 g/mol. The van der Waals surface area contributed by atoms with Gasteiger partial charge in [-0.15, -0.1) is 0 Å². The number of carboxylic acids is 1. The Hall–Kier alpha value is -1.30. The molecule has 0 aromatic carbocycles. The van der Waals surface area contributed by atoms with E-state index < -0.39 is 5.97 Å². The van der Waals surface area contributed by atoms with Crippen LogP contribution in [0.1, 0.15) is 18.4 Å². The highest BCUT2D eigenvalue weighted by Crippen LogP contribution is 2.06. The van der Waals surface area contributed by atoms with Gasteiger partial charge in [-0.3, -0.25) is 9.59 Å². The van der Waals surface area contributed by atoms with Crippen LogP contribution >= 0.6 is 11.8 Å². The number of nitrogens with one attached hydrogen (secondary N) is 1. The Bertz CT molecular complexity index is 403. The van der Waals surface area contributed by atoms with Crippen LogP contribution in [0.2, 0.25) is 0 Å². The first-order chi connectivity index (χ1) is 7.11. The molecule has 0 radical (unpaired) electrons. The molecule has 1 rings (SSSR count). The van der Waals surface area contributed by atoms with E-state index in [2.05, 4.69) is 9.97 Å². The van der Waals surface area contributed by atoms with Gasteiger partial charge in [0.05, 0.1) is 17.9 Å². The maximum absolute atomic E-state index is 11.2. The van der Waals surface area contributed by atoms with Crippen LogP contribution in [0.25, 0.3) is 0 Å². The van der Waals surface area contributed by atoms with Crippen molar-refractivity contribution in [1.82, 2.24) is 9.97 Å². The number of carboxylic acid groups (broad SMARTS) is 1. The van der Waals surface area contributed by atoms with Crippen LogP contribution in [0.5, 0.6) is 0 Å². The monoisotopic (exact) mass is 228 g/mol. The molecular formula is C9H12N2O3S. The Morgan fingerprint density at radius 2 is 2.40 bits per heavy atom. The van der Waals surface area contributed by atoms with E-state index in [-0.39, 0.29) is 12.0 Å². The molecule has 0 atom stereocenters. The largest absolute Gasteiger partial charge is 0.481 e. The predicted molar refractivity (Wildman–Crippen MR) is 58.0 cm³/mol. The van der Waals surface area contributed by atoms with Gasteiger partial charge in [0.1, 0.15) is 5.82 Å². The third-order valence-corrected chi connectivity index (χ3v) is 2.50. The summed E-state index contributed by atoms with van der Waals surface area (Å²) in [6.45, 7) is 2.00. The first-order valence-corrected chi connectivity index (χ1v) is 5.66. The number of aromatic amines is 1. The van der Waals surface area contributed by atoms with Crippen LogP contribution in [0.15, 0.2) is 10.9 Å².